The molecule has 1 fully saturated rings. The molecule has 0 aliphatic carbocycles. The van der Waals surface area contributed by atoms with E-state index in [2.05, 4.69) is 64.5 Å². The van der Waals surface area contributed by atoms with Gasteiger partial charge in [0.05, 0.1) is 9.83 Å². The van der Waals surface area contributed by atoms with Gasteiger partial charge in [-0.15, -0.1) is 11.3 Å². The highest BCUT2D eigenvalue weighted by molar-refractivity contribution is 9.11. The van der Waals surface area contributed by atoms with Gasteiger partial charge in [-0.1, -0.05) is 54.6 Å². The number of halogens is 1. The van der Waals surface area contributed by atoms with E-state index in [0.717, 1.165) is 34.6 Å². The Morgan fingerprint density at radius 1 is 1.03 bits per heavy atom. The molecule has 0 spiro atoms. The minimum atomic E-state index is -0.460. The highest BCUT2D eigenvalue weighted by Crippen LogP contribution is 2.31. The first-order valence-corrected chi connectivity index (χ1v) is 11.6. The molecule has 1 unspecified atom stereocenters. The second kappa shape index (κ2) is 9.24. The van der Waals surface area contributed by atoms with E-state index in [0.29, 0.717) is 12.3 Å². The van der Waals surface area contributed by atoms with Crippen molar-refractivity contribution < 1.29 is 4.79 Å². The lowest BCUT2D eigenvalue weighted by molar-refractivity contribution is -0.133. The summed E-state index contributed by atoms with van der Waals surface area (Å²) >= 11 is 5.11. The van der Waals surface area contributed by atoms with E-state index in [4.69, 9.17) is 5.73 Å². The van der Waals surface area contributed by atoms with Crippen LogP contribution in [0.3, 0.4) is 0 Å². The van der Waals surface area contributed by atoms with Gasteiger partial charge in [0.1, 0.15) is 0 Å². The molecule has 1 saturated heterocycles. The van der Waals surface area contributed by atoms with Gasteiger partial charge in [0.15, 0.2) is 0 Å². The van der Waals surface area contributed by atoms with Gasteiger partial charge in [0, 0.05) is 24.4 Å². The molecule has 3 aromatic rings. The third kappa shape index (κ3) is 4.97. The summed E-state index contributed by atoms with van der Waals surface area (Å²) in [6.07, 6.45) is 2.58. The summed E-state index contributed by atoms with van der Waals surface area (Å²) in [5, 5.41) is 0. The lowest BCUT2D eigenvalue weighted by Crippen LogP contribution is -2.47. The van der Waals surface area contributed by atoms with Crippen LogP contribution in [0.15, 0.2) is 70.5 Å². The van der Waals surface area contributed by atoms with Crippen molar-refractivity contribution in [1.82, 2.24) is 4.90 Å². The van der Waals surface area contributed by atoms with Crippen molar-refractivity contribution in [3.8, 4) is 11.1 Å². The number of piperidine rings is 1. The number of nitrogens with two attached hydrogens (primary N) is 1. The Kier molecular flexibility index (Phi) is 6.48. The van der Waals surface area contributed by atoms with Crippen LogP contribution in [0, 0.1) is 0 Å². The first kappa shape index (κ1) is 20.3. The zero-order valence-corrected chi connectivity index (χ0v) is 18.7. The highest BCUT2D eigenvalue weighted by Gasteiger charge is 2.27. The van der Waals surface area contributed by atoms with Gasteiger partial charge in [0.25, 0.3) is 0 Å². The Balaban J connectivity index is 1.36. The Labute approximate surface area is 184 Å². The number of carbonyl (C=O) groups excluding carboxylic acids is 1. The SMILES string of the molecule is NC(Cc1ccc(Br)s1)C(=O)N1CCC(c2cccc(-c3ccccc3)c2)CC1. The van der Waals surface area contributed by atoms with E-state index >= 15 is 0 Å². The number of hydrogen-bond acceptors (Lipinski definition) is 3. The number of amides is 1. The van der Waals surface area contributed by atoms with E-state index in [1.165, 1.54) is 16.7 Å². The number of carbonyl (C=O) groups is 1. The maximum absolute atomic E-state index is 12.8. The average Bonchev–Trinajstić information content (AvgIpc) is 3.18. The van der Waals surface area contributed by atoms with E-state index in [9.17, 15) is 4.79 Å². The molecular weight excluding hydrogens is 444 g/mol. The number of thiophene rings is 1. The number of rotatable bonds is 5. The molecule has 1 aromatic heterocycles. The molecule has 29 heavy (non-hydrogen) atoms. The van der Waals surface area contributed by atoms with Crippen molar-refractivity contribution >= 4 is 33.2 Å². The number of nitrogens with zero attached hydrogens (tertiary/aromatic N) is 1. The van der Waals surface area contributed by atoms with Gasteiger partial charge in [0.2, 0.25) is 5.91 Å². The Morgan fingerprint density at radius 3 is 2.45 bits per heavy atom. The summed E-state index contributed by atoms with van der Waals surface area (Å²) < 4.78 is 1.07. The van der Waals surface area contributed by atoms with Crippen LogP contribution < -0.4 is 5.73 Å². The molecule has 1 atom stereocenters. The van der Waals surface area contributed by atoms with Crippen molar-refractivity contribution in [2.45, 2.75) is 31.2 Å². The van der Waals surface area contributed by atoms with Crippen LogP contribution in [0.25, 0.3) is 11.1 Å². The maximum atomic E-state index is 12.8. The predicted octanol–water partition coefficient (Wildman–Crippen LogP) is 5.45. The minimum Gasteiger partial charge on any atom is -0.341 e. The third-order valence-electron chi connectivity index (χ3n) is 5.64. The van der Waals surface area contributed by atoms with Crippen LogP contribution >= 0.6 is 27.3 Å². The van der Waals surface area contributed by atoms with Crippen LogP contribution in [-0.2, 0) is 11.2 Å². The largest absolute Gasteiger partial charge is 0.341 e. The smallest absolute Gasteiger partial charge is 0.239 e. The van der Waals surface area contributed by atoms with E-state index in [1.54, 1.807) is 11.3 Å². The topological polar surface area (TPSA) is 46.3 Å². The molecule has 2 aromatic carbocycles. The second-order valence-corrected chi connectivity index (χ2v) is 10.2. The summed E-state index contributed by atoms with van der Waals surface area (Å²) in [6.45, 7) is 1.56. The fourth-order valence-electron chi connectivity index (χ4n) is 4.04. The van der Waals surface area contributed by atoms with Gasteiger partial charge >= 0.3 is 0 Å². The van der Waals surface area contributed by atoms with Crippen LogP contribution in [0.1, 0.15) is 29.2 Å². The highest BCUT2D eigenvalue weighted by atomic mass is 79.9. The molecule has 4 rings (SSSR count). The van der Waals surface area contributed by atoms with Crippen molar-refractivity contribution in [1.29, 1.82) is 0 Å². The first-order valence-electron chi connectivity index (χ1n) is 10.0. The molecule has 2 N–H and O–H groups in total. The van der Waals surface area contributed by atoms with Crippen molar-refractivity contribution in [3.05, 3.63) is 81.0 Å². The second-order valence-electron chi connectivity index (χ2n) is 7.61. The lowest BCUT2D eigenvalue weighted by atomic mass is 9.87. The molecular formula is C24H25BrN2OS. The normalized spacial score (nSPS) is 16.0. The molecule has 150 valence electrons. The number of benzene rings is 2. The lowest BCUT2D eigenvalue weighted by Gasteiger charge is -2.34. The number of hydrogen-bond donors (Lipinski definition) is 1. The summed E-state index contributed by atoms with van der Waals surface area (Å²) in [4.78, 5) is 15.9. The molecule has 0 radical (unpaired) electrons. The Morgan fingerprint density at radius 2 is 1.76 bits per heavy atom. The Hall–Kier alpha value is -1.95. The summed E-state index contributed by atoms with van der Waals surface area (Å²) in [6, 6.07) is 22.9. The standard InChI is InChI=1S/C24H25BrN2OS/c25-23-10-9-21(29-23)16-22(26)24(28)27-13-11-18(12-14-27)20-8-4-7-19(15-20)17-5-2-1-3-6-17/h1-10,15,18,22H,11-14,16,26H2. The zero-order valence-electron chi connectivity index (χ0n) is 16.3. The van der Waals surface area contributed by atoms with Crippen LogP contribution in [0.5, 0.6) is 0 Å². The molecule has 5 heteroatoms. The number of likely N-dealkylation sites (tertiary alicyclic amines) is 1. The summed E-state index contributed by atoms with van der Waals surface area (Å²) in [5.41, 5.74) is 10.1. The van der Waals surface area contributed by atoms with E-state index < -0.39 is 6.04 Å². The van der Waals surface area contributed by atoms with Crippen LogP contribution in [-0.4, -0.2) is 29.9 Å². The molecule has 2 heterocycles. The van der Waals surface area contributed by atoms with Crippen LogP contribution in [0.2, 0.25) is 0 Å². The van der Waals surface area contributed by atoms with E-state index in [-0.39, 0.29) is 5.91 Å². The van der Waals surface area contributed by atoms with Gasteiger partial charge in [-0.3, -0.25) is 4.79 Å². The quantitative estimate of drug-likeness (QED) is 0.540. The third-order valence-corrected chi connectivity index (χ3v) is 7.28. The summed E-state index contributed by atoms with van der Waals surface area (Å²) in [5.74, 6) is 0.568. The van der Waals surface area contributed by atoms with Gasteiger partial charge in [-0.05, 0) is 63.5 Å². The molecule has 1 aliphatic rings. The van der Waals surface area contributed by atoms with Gasteiger partial charge in [-0.2, -0.15) is 0 Å². The van der Waals surface area contributed by atoms with Crippen molar-refractivity contribution in [2.75, 3.05) is 13.1 Å². The summed E-state index contributed by atoms with van der Waals surface area (Å²) in [7, 11) is 0. The average molecular weight is 469 g/mol. The van der Waals surface area contributed by atoms with Crippen molar-refractivity contribution in [2.24, 2.45) is 5.73 Å². The molecule has 0 saturated carbocycles. The fourth-order valence-corrected chi connectivity index (χ4v) is 5.58. The molecule has 1 amide bonds. The molecule has 1 aliphatic heterocycles. The van der Waals surface area contributed by atoms with E-state index in [1.807, 2.05) is 23.1 Å². The van der Waals surface area contributed by atoms with Gasteiger partial charge in [-0.25, -0.2) is 0 Å². The zero-order chi connectivity index (χ0) is 20.2. The maximum Gasteiger partial charge on any atom is 0.239 e. The van der Waals surface area contributed by atoms with Crippen molar-refractivity contribution in [3.63, 3.8) is 0 Å². The fraction of sp³-hybridized carbons (Fsp3) is 0.292. The molecule has 3 nitrogen and oxygen atoms in total. The molecule has 0 bridgehead atoms. The monoisotopic (exact) mass is 468 g/mol. The Bertz CT molecular complexity index is 964. The minimum absolute atomic E-state index is 0.0750. The first-order chi connectivity index (χ1) is 14.1. The van der Waals surface area contributed by atoms with Crippen LogP contribution in [0.4, 0.5) is 0 Å². The predicted molar refractivity (Wildman–Crippen MR) is 124 cm³/mol. The van der Waals surface area contributed by atoms with Gasteiger partial charge < -0.3 is 10.6 Å².